The van der Waals surface area contributed by atoms with E-state index in [1.54, 1.807) is 18.0 Å². The van der Waals surface area contributed by atoms with Crippen LogP contribution in [0.5, 0.6) is 5.75 Å². The lowest BCUT2D eigenvalue weighted by Crippen LogP contribution is -2.13. The zero-order valence-corrected chi connectivity index (χ0v) is 16.8. The minimum atomic E-state index is 0.245. The van der Waals surface area contributed by atoms with E-state index < -0.39 is 0 Å². The number of halogens is 1. The number of nitrogens with zero attached hydrogens (tertiary/aromatic N) is 3. The summed E-state index contributed by atoms with van der Waals surface area (Å²) >= 11 is 7.86. The molecule has 0 bridgehead atoms. The average Bonchev–Trinajstić information content (AvgIpc) is 3.42. The molecule has 0 spiro atoms. The molecule has 0 amide bonds. The first-order chi connectivity index (χ1) is 14.3. The Morgan fingerprint density at radius 3 is 2.79 bits per heavy atom. The standard InChI is InChI=1S/C21H16ClN3O3S/c22-16-9-14-11-26-13-28-19(14)15(10-16)12-29-21-24-23-20(18-7-4-8-27-18)25(21)17-5-2-1-3-6-17/h1-10H,11-13H2. The Bertz CT molecular complexity index is 1130. The number of ether oxygens (including phenoxy) is 2. The Hall–Kier alpha value is -2.74. The fourth-order valence-corrected chi connectivity index (χ4v) is 4.43. The number of hydrogen-bond acceptors (Lipinski definition) is 6. The van der Waals surface area contributed by atoms with E-state index in [0.29, 0.717) is 29.0 Å². The van der Waals surface area contributed by atoms with E-state index in [1.165, 1.54) is 0 Å². The number of thioether (sulfide) groups is 1. The monoisotopic (exact) mass is 425 g/mol. The van der Waals surface area contributed by atoms with Gasteiger partial charge in [0.2, 0.25) is 5.82 Å². The maximum absolute atomic E-state index is 6.30. The van der Waals surface area contributed by atoms with Crippen molar-refractivity contribution in [3.05, 3.63) is 77.0 Å². The first-order valence-corrected chi connectivity index (χ1v) is 10.4. The van der Waals surface area contributed by atoms with E-state index in [9.17, 15) is 0 Å². The summed E-state index contributed by atoms with van der Waals surface area (Å²) in [6.07, 6.45) is 1.63. The fourth-order valence-electron chi connectivity index (χ4n) is 3.24. The molecule has 0 atom stereocenters. The second-order valence-electron chi connectivity index (χ2n) is 6.41. The minimum Gasteiger partial charge on any atom is -0.467 e. The molecule has 4 aromatic rings. The van der Waals surface area contributed by atoms with Crippen LogP contribution in [0.3, 0.4) is 0 Å². The van der Waals surface area contributed by atoms with Gasteiger partial charge in [-0.1, -0.05) is 41.6 Å². The number of benzene rings is 2. The third kappa shape index (κ3) is 3.64. The van der Waals surface area contributed by atoms with Crippen molar-refractivity contribution >= 4 is 23.4 Å². The van der Waals surface area contributed by atoms with Crippen LogP contribution in [0.2, 0.25) is 5.02 Å². The smallest absolute Gasteiger partial charge is 0.205 e. The van der Waals surface area contributed by atoms with Gasteiger partial charge in [-0.15, -0.1) is 10.2 Å². The third-order valence-electron chi connectivity index (χ3n) is 4.50. The molecule has 0 fully saturated rings. The highest BCUT2D eigenvalue weighted by Gasteiger charge is 2.20. The van der Waals surface area contributed by atoms with Gasteiger partial charge in [0.1, 0.15) is 5.75 Å². The Balaban J connectivity index is 1.51. The van der Waals surface area contributed by atoms with Crippen LogP contribution in [0.4, 0.5) is 0 Å². The van der Waals surface area contributed by atoms with Crippen LogP contribution in [0.25, 0.3) is 17.3 Å². The van der Waals surface area contributed by atoms with E-state index in [-0.39, 0.29) is 6.79 Å². The predicted octanol–water partition coefficient (Wildman–Crippen LogP) is 5.34. The van der Waals surface area contributed by atoms with Gasteiger partial charge in [0.25, 0.3) is 0 Å². The summed E-state index contributed by atoms with van der Waals surface area (Å²) < 4.78 is 18.6. The maximum atomic E-state index is 6.30. The van der Waals surface area contributed by atoms with Crippen molar-refractivity contribution in [3.63, 3.8) is 0 Å². The number of aromatic nitrogens is 3. The van der Waals surface area contributed by atoms with Gasteiger partial charge < -0.3 is 13.9 Å². The molecule has 0 N–H and O–H groups in total. The predicted molar refractivity (Wildman–Crippen MR) is 110 cm³/mol. The second kappa shape index (κ2) is 7.94. The fraction of sp³-hybridized carbons (Fsp3) is 0.143. The van der Waals surface area contributed by atoms with Crippen LogP contribution in [0.1, 0.15) is 11.1 Å². The van der Waals surface area contributed by atoms with Crippen LogP contribution in [0, 0.1) is 0 Å². The van der Waals surface area contributed by atoms with Crippen molar-refractivity contribution in [1.82, 2.24) is 14.8 Å². The molecule has 6 nitrogen and oxygen atoms in total. The zero-order chi connectivity index (χ0) is 19.6. The summed E-state index contributed by atoms with van der Waals surface area (Å²) in [6, 6.07) is 17.5. The third-order valence-corrected chi connectivity index (χ3v) is 5.69. The number of furan rings is 1. The van der Waals surface area contributed by atoms with Crippen molar-refractivity contribution in [2.24, 2.45) is 0 Å². The molecular formula is C21H16ClN3O3S. The van der Waals surface area contributed by atoms with Gasteiger partial charge in [-0.05, 0) is 36.4 Å². The molecule has 29 heavy (non-hydrogen) atoms. The maximum Gasteiger partial charge on any atom is 0.205 e. The lowest BCUT2D eigenvalue weighted by atomic mass is 10.1. The van der Waals surface area contributed by atoms with Crippen LogP contribution >= 0.6 is 23.4 Å². The number of fused-ring (bicyclic) bond motifs is 1. The molecule has 0 saturated carbocycles. The summed E-state index contributed by atoms with van der Waals surface area (Å²) in [4.78, 5) is 0. The van der Waals surface area contributed by atoms with Gasteiger partial charge in [0, 0.05) is 27.6 Å². The number of rotatable bonds is 5. The molecule has 0 saturated heterocycles. The van der Waals surface area contributed by atoms with Crippen LogP contribution in [0.15, 0.2) is 70.4 Å². The van der Waals surface area contributed by atoms with Gasteiger partial charge >= 0.3 is 0 Å². The molecule has 8 heteroatoms. The van der Waals surface area contributed by atoms with E-state index in [4.69, 9.17) is 25.5 Å². The summed E-state index contributed by atoms with van der Waals surface area (Å²) in [5, 5.41) is 10.2. The van der Waals surface area contributed by atoms with E-state index in [1.807, 2.05) is 59.2 Å². The minimum absolute atomic E-state index is 0.245. The van der Waals surface area contributed by atoms with Gasteiger partial charge in [-0.25, -0.2) is 0 Å². The highest BCUT2D eigenvalue weighted by molar-refractivity contribution is 7.98. The number of para-hydroxylation sites is 1. The van der Waals surface area contributed by atoms with Crippen molar-refractivity contribution in [2.45, 2.75) is 17.5 Å². The van der Waals surface area contributed by atoms with Crippen molar-refractivity contribution in [2.75, 3.05) is 6.79 Å². The Labute approximate surface area is 176 Å². The topological polar surface area (TPSA) is 62.3 Å². The van der Waals surface area contributed by atoms with E-state index in [0.717, 1.165) is 27.7 Å². The quantitative estimate of drug-likeness (QED) is 0.402. The molecule has 0 aliphatic carbocycles. The summed E-state index contributed by atoms with van der Waals surface area (Å²) in [5.41, 5.74) is 2.92. The molecule has 1 aliphatic heterocycles. The van der Waals surface area contributed by atoms with Crippen molar-refractivity contribution in [1.29, 1.82) is 0 Å². The summed E-state index contributed by atoms with van der Waals surface area (Å²) in [5.74, 6) is 2.78. The zero-order valence-electron chi connectivity index (χ0n) is 15.2. The van der Waals surface area contributed by atoms with Gasteiger partial charge in [0.05, 0.1) is 12.9 Å². The molecule has 2 aromatic carbocycles. The lowest BCUT2D eigenvalue weighted by Gasteiger charge is -2.21. The Morgan fingerprint density at radius 1 is 1.07 bits per heavy atom. The molecule has 3 heterocycles. The van der Waals surface area contributed by atoms with Crippen LogP contribution in [-0.4, -0.2) is 21.6 Å². The Morgan fingerprint density at radius 2 is 1.97 bits per heavy atom. The van der Waals surface area contributed by atoms with E-state index in [2.05, 4.69) is 10.2 Å². The molecular weight excluding hydrogens is 410 g/mol. The summed E-state index contributed by atoms with van der Waals surface area (Å²) in [7, 11) is 0. The Kier molecular flexibility index (Phi) is 5.01. The molecule has 146 valence electrons. The molecule has 2 aromatic heterocycles. The first kappa shape index (κ1) is 18.3. The van der Waals surface area contributed by atoms with Gasteiger partial charge in [-0.3, -0.25) is 4.57 Å². The number of hydrogen-bond donors (Lipinski definition) is 0. The molecule has 1 aliphatic rings. The largest absolute Gasteiger partial charge is 0.467 e. The van der Waals surface area contributed by atoms with Crippen molar-refractivity contribution in [3.8, 4) is 23.0 Å². The highest BCUT2D eigenvalue weighted by Crippen LogP contribution is 2.36. The van der Waals surface area contributed by atoms with Gasteiger partial charge in [-0.2, -0.15) is 0 Å². The van der Waals surface area contributed by atoms with Gasteiger partial charge in [0.15, 0.2) is 17.7 Å². The van der Waals surface area contributed by atoms with Crippen molar-refractivity contribution < 1.29 is 13.9 Å². The molecule has 5 rings (SSSR count). The van der Waals surface area contributed by atoms with Crippen LogP contribution in [-0.2, 0) is 17.1 Å². The lowest BCUT2D eigenvalue weighted by molar-refractivity contribution is -0.0168. The van der Waals surface area contributed by atoms with E-state index >= 15 is 0 Å². The van der Waals surface area contributed by atoms with Crippen LogP contribution < -0.4 is 4.74 Å². The summed E-state index contributed by atoms with van der Waals surface area (Å²) in [6.45, 7) is 0.742. The highest BCUT2D eigenvalue weighted by atomic mass is 35.5. The second-order valence-corrected chi connectivity index (χ2v) is 7.79. The SMILES string of the molecule is Clc1cc2c(c(CSc3nnc(-c4ccco4)n3-c3ccccc3)c1)OCOC2. The first-order valence-electron chi connectivity index (χ1n) is 8.99. The normalized spacial score (nSPS) is 13.1. The average molecular weight is 426 g/mol. The molecule has 0 radical (unpaired) electrons. The molecule has 0 unspecified atom stereocenters.